The smallest absolute Gasteiger partial charge is 0.417 e. The van der Waals surface area contributed by atoms with Crippen molar-refractivity contribution < 1.29 is 49.4 Å². The molecule has 0 atom stereocenters. The van der Waals surface area contributed by atoms with Gasteiger partial charge in [0.1, 0.15) is 0 Å². The van der Waals surface area contributed by atoms with Crippen molar-refractivity contribution in [2.75, 3.05) is 0 Å². The lowest BCUT2D eigenvalue weighted by molar-refractivity contribution is -0.174. The summed E-state index contributed by atoms with van der Waals surface area (Å²) >= 11 is 0. The number of carbonyl (C=O) groups is 1. The summed E-state index contributed by atoms with van der Waals surface area (Å²) in [5.41, 5.74) is -9.84. The van der Waals surface area contributed by atoms with E-state index in [1.807, 2.05) is 0 Å². The number of hydrogen-bond acceptors (Lipinski definition) is 1. The number of rotatable bonds is 2. The molecule has 0 aliphatic rings. The summed E-state index contributed by atoms with van der Waals surface area (Å²) in [6.07, 6.45) is -17.4. The minimum atomic E-state index is -5.94. The average Bonchev–Trinajstić information content (AvgIpc) is 2.51. The summed E-state index contributed by atoms with van der Waals surface area (Å²) in [5, 5.41) is 8.75. The van der Waals surface area contributed by atoms with E-state index in [2.05, 4.69) is 0 Å². The van der Waals surface area contributed by atoms with E-state index >= 15 is 0 Å². The molecule has 2 aromatic rings. The highest BCUT2D eigenvalue weighted by Crippen LogP contribution is 2.49. The predicted octanol–water partition coefficient (Wildman–Crippen LogP) is 6.11. The van der Waals surface area contributed by atoms with Crippen molar-refractivity contribution in [2.24, 2.45) is 0 Å². The van der Waals surface area contributed by atoms with Crippen molar-refractivity contribution in [3.8, 4) is 11.1 Å². The molecule has 2 nitrogen and oxygen atoms in total. The Hall–Kier alpha value is -2.72. The third-order valence-corrected chi connectivity index (χ3v) is 3.52. The average molecular weight is 402 g/mol. The van der Waals surface area contributed by atoms with E-state index in [-0.39, 0.29) is 17.7 Å². The Balaban J connectivity index is 2.89. The molecular formula is C16H7F9O2. The fraction of sp³-hybridized carbons (Fsp3) is 0.188. The second kappa shape index (κ2) is 6.46. The van der Waals surface area contributed by atoms with Crippen molar-refractivity contribution in [1.29, 1.82) is 0 Å². The van der Waals surface area contributed by atoms with Crippen LogP contribution >= 0.6 is 0 Å². The quantitative estimate of drug-likeness (QED) is 0.616. The van der Waals surface area contributed by atoms with Crippen molar-refractivity contribution in [2.45, 2.75) is 18.5 Å². The monoisotopic (exact) mass is 402 g/mol. The topological polar surface area (TPSA) is 37.3 Å². The van der Waals surface area contributed by atoms with Crippen molar-refractivity contribution in [1.82, 2.24) is 0 Å². The minimum absolute atomic E-state index is 0.0848. The molecule has 0 radical (unpaired) electrons. The third-order valence-electron chi connectivity index (χ3n) is 3.52. The molecule has 2 rings (SSSR count). The maximum Gasteiger partial charge on any atom is 0.417 e. The number of halogens is 9. The summed E-state index contributed by atoms with van der Waals surface area (Å²) in [4.78, 5) is 10.8. The number of carboxylic acid groups (broad SMARTS) is 1. The Morgan fingerprint density at radius 3 is 1.52 bits per heavy atom. The minimum Gasteiger partial charge on any atom is -0.478 e. The fourth-order valence-electron chi connectivity index (χ4n) is 2.46. The maximum absolute atomic E-state index is 13.3. The number of benzene rings is 2. The van der Waals surface area contributed by atoms with Crippen LogP contribution in [0, 0.1) is 0 Å². The van der Waals surface area contributed by atoms with Gasteiger partial charge in [-0.25, -0.2) is 4.79 Å². The van der Waals surface area contributed by atoms with Crippen molar-refractivity contribution >= 4 is 5.97 Å². The second-order valence-corrected chi connectivity index (χ2v) is 5.29. The van der Waals surface area contributed by atoms with Crippen molar-refractivity contribution in [3.63, 3.8) is 0 Å². The van der Waals surface area contributed by atoms with Gasteiger partial charge in [-0.05, 0) is 29.3 Å². The van der Waals surface area contributed by atoms with E-state index < -0.39 is 52.3 Å². The molecule has 0 bridgehead atoms. The van der Waals surface area contributed by atoms with Gasteiger partial charge in [0.25, 0.3) is 0 Å². The van der Waals surface area contributed by atoms with Gasteiger partial charge in [-0.2, -0.15) is 39.5 Å². The molecule has 0 aliphatic heterocycles. The highest BCUT2D eigenvalue weighted by Gasteiger charge is 2.51. The number of hydrogen-bond donors (Lipinski definition) is 1. The van der Waals surface area contributed by atoms with E-state index in [0.717, 1.165) is 24.3 Å². The highest BCUT2D eigenvalue weighted by molar-refractivity contribution is 5.88. The van der Waals surface area contributed by atoms with Gasteiger partial charge < -0.3 is 5.11 Å². The summed E-state index contributed by atoms with van der Waals surface area (Å²) in [6.45, 7) is 0. The predicted molar refractivity (Wildman–Crippen MR) is 73.8 cm³/mol. The van der Waals surface area contributed by atoms with Crippen LogP contribution in [0.5, 0.6) is 0 Å². The van der Waals surface area contributed by atoms with E-state index in [4.69, 9.17) is 5.11 Å². The Morgan fingerprint density at radius 2 is 1.15 bits per heavy atom. The highest BCUT2D eigenvalue weighted by atomic mass is 19.4. The molecule has 27 heavy (non-hydrogen) atoms. The lowest BCUT2D eigenvalue weighted by Gasteiger charge is -2.23. The van der Waals surface area contributed by atoms with Crippen LogP contribution < -0.4 is 0 Å². The van der Waals surface area contributed by atoms with Crippen LogP contribution in [-0.4, -0.2) is 11.1 Å². The first-order chi connectivity index (χ1) is 12.1. The normalized spacial score (nSPS) is 12.9. The fourth-order valence-corrected chi connectivity index (χ4v) is 2.46. The first-order valence-corrected chi connectivity index (χ1v) is 6.86. The lowest BCUT2D eigenvalue weighted by atomic mass is 9.90. The molecule has 0 unspecified atom stereocenters. The molecule has 0 aliphatic carbocycles. The number of carboxylic acids is 1. The molecule has 0 amide bonds. The van der Waals surface area contributed by atoms with Gasteiger partial charge >= 0.3 is 24.5 Å². The van der Waals surface area contributed by atoms with Gasteiger partial charge in [-0.1, -0.05) is 18.2 Å². The van der Waals surface area contributed by atoms with Crippen LogP contribution in [0.15, 0.2) is 36.4 Å². The first kappa shape index (κ1) is 20.6. The molecule has 0 aromatic heterocycles. The first-order valence-electron chi connectivity index (χ1n) is 6.86. The number of alkyl halides is 9. The summed E-state index contributed by atoms with van der Waals surface area (Å²) < 4.78 is 118. The van der Waals surface area contributed by atoms with Crippen LogP contribution in [-0.2, 0) is 18.5 Å². The van der Waals surface area contributed by atoms with Crippen LogP contribution in [0.25, 0.3) is 11.1 Å². The molecule has 2 aromatic carbocycles. The van der Waals surface area contributed by atoms with Gasteiger partial charge in [0, 0.05) is 0 Å². The van der Waals surface area contributed by atoms with Gasteiger partial charge in [-0.15, -0.1) is 0 Å². The van der Waals surface area contributed by atoms with Crippen LogP contribution in [0.2, 0.25) is 0 Å². The zero-order valence-corrected chi connectivity index (χ0v) is 12.7. The molecule has 11 heteroatoms. The standard InChI is InChI=1S/C16H7F9O2/c17-14(18,19)10-6-5-9(7-1-3-8(4-2-7)13(26)27)11(15(20,21)22)12(10)16(23,24)25/h1-6H,(H,26,27). The van der Waals surface area contributed by atoms with Crippen LogP contribution in [0.4, 0.5) is 39.5 Å². The third kappa shape index (κ3) is 4.17. The maximum atomic E-state index is 13.3. The molecule has 0 heterocycles. The van der Waals surface area contributed by atoms with Gasteiger partial charge in [0.2, 0.25) is 0 Å². The van der Waals surface area contributed by atoms with E-state index in [9.17, 15) is 44.3 Å². The zero-order chi connectivity index (χ0) is 20.8. The van der Waals surface area contributed by atoms with E-state index in [0.29, 0.717) is 0 Å². The molecule has 146 valence electrons. The molecule has 0 fully saturated rings. The Kier molecular flexibility index (Phi) is 4.93. The molecule has 0 saturated heterocycles. The summed E-state index contributed by atoms with van der Waals surface area (Å²) in [6, 6.07) is 3.39. The number of aromatic carboxylic acids is 1. The zero-order valence-electron chi connectivity index (χ0n) is 12.7. The molecule has 0 saturated carbocycles. The molecule has 1 N–H and O–H groups in total. The summed E-state index contributed by atoms with van der Waals surface area (Å²) in [7, 11) is 0. The van der Waals surface area contributed by atoms with Gasteiger partial charge in [-0.3, -0.25) is 0 Å². The van der Waals surface area contributed by atoms with Gasteiger partial charge in [0.05, 0.1) is 22.3 Å². The molecular weight excluding hydrogens is 395 g/mol. The SMILES string of the molecule is O=C(O)c1ccc(-c2ccc(C(F)(F)F)c(C(F)(F)F)c2C(F)(F)F)cc1. The van der Waals surface area contributed by atoms with E-state index in [1.165, 1.54) is 0 Å². The van der Waals surface area contributed by atoms with Crippen LogP contribution in [0.3, 0.4) is 0 Å². The summed E-state index contributed by atoms with van der Waals surface area (Å²) in [5.74, 6) is -1.44. The van der Waals surface area contributed by atoms with Gasteiger partial charge in [0.15, 0.2) is 0 Å². The Morgan fingerprint density at radius 1 is 0.667 bits per heavy atom. The lowest BCUT2D eigenvalue weighted by Crippen LogP contribution is -2.23. The largest absolute Gasteiger partial charge is 0.478 e. The molecule has 0 spiro atoms. The Labute approximate surface area is 144 Å². The second-order valence-electron chi connectivity index (χ2n) is 5.29. The van der Waals surface area contributed by atoms with E-state index in [1.54, 1.807) is 0 Å². The Bertz CT molecular complexity index is 860. The van der Waals surface area contributed by atoms with Crippen LogP contribution in [0.1, 0.15) is 27.0 Å². The van der Waals surface area contributed by atoms with Crippen molar-refractivity contribution in [3.05, 3.63) is 58.7 Å².